The van der Waals surface area contributed by atoms with E-state index in [1.54, 1.807) is 5.57 Å². The van der Waals surface area contributed by atoms with Gasteiger partial charge in [-0.1, -0.05) is 39.2 Å². The molecule has 0 amide bonds. The van der Waals surface area contributed by atoms with E-state index in [1.165, 1.54) is 19.3 Å². The van der Waals surface area contributed by atoms with Gasteiger partial charge in [-0.05, 0) is 56.0 Å². The number of allylic oxidation sites excluding steroid dienone is 1. The predicted octanol–water partition coefficient (Wildman–Crippen LogP) is 4.19. The van der Waals surface area contributed by atoms with E-state index in [-0.39, 0.29) is 6.04 Å². The molecule has 1 aliphatic carbocycles. The average molecular weight is 344 g/mol. The smallest absolute Gasteiger partial charge is 0.0459 e. The quantitative estimate of drug-likeness (QED) is 0.760. The Kier molecular flexibility index (Phi) is 5.89. The summed E-state index contributed by atoms with van der Waals surface area (Å²) in [6.07, 6.45) is 7.29. The normalized spacial score (nSPS) is 16.5. The second-order valence-electron chi connectivity index (χ2n) is 4.91. The minimum Gasteiger partial charge on any atom is -0.329 e. The van der Waals surface area contributed by atoms with E-state index < -0.39 is 0 Å². The third-order valence-corrected chi connectivity index (χ3v) is 4.38. The summed E-state index contributed by atoms with van der Waals surface area (Å²) in [6.45, 7) is 1.51. The van der Waals surface area contributed by atoms with Crippen LogP contribution in [0.1, 0.15) is 37.3 Å². The van der Waals surface area contributed by atoms with E-state index in [1.807, 2.05) is 18.2 Å². The molecule has 19 heavy (non-hydrogen) atoms. The first-order valence-corrected chi connectivity index (χ1v) is 7.94. The zero-order valence-corrected chi connectivity index (χ0v) is 13.3. The topological polar surface area (TPSA) is 38.0 Å². The summed E-state index contributed by atoms with van der Waals surface area (Å²) in [5.74, 6) is 0. The van der Waals surface area contributed by atoms with Crippen LogP contribution >= 0.6 is 27.5 Å². The molecule has 3 N–H and O–H groups in total. The van der Waals surface area contributed by atoms with Crippen LogP contribution in [0, 0.1) is 0 Å². The van der Waals surface area contributed by atoms with Crippen molar-refractivity contribution in [3.05, 3.63) is 44.9 Å². The summed E-state index contributed by atoms with van der Waals surface area (Å²) < 4.78 is 1.03. The highest BCUT2D eigenvalue weighted by molar-refractivity contribution is 9.10. The summed E-state index contributed by atoms with van der Waals surface area (Å²) in [5.41, 5.74) is 8.51. The minimum atomic E-state index is 0.118. The van der Waals surface area contributed by atoms with E-state index in [4.69, 9.17) is 17.3 Å². The fourth-order valence-corrected chi connectivity index (χ4v) is 3.10. The summed E-state index contributed by atoms with van der Waals surface area (Å²) in [5, 5.41) is 4.28. The molecular formula is C15H20BrClN2. The lowest BCUT2D eigenvalue weighted by atomic mass is 10.1. The lowest BCUT2D eigenvalue weighted by molar-refractivity contribution is 0.542. The number of halogens is 2. The lowest BCUT2D eigenvalue weighted by Gasteiger charge is -2.19. The van der Waals surface area contributed by atoms with Crippen molar-refractivity contribution in [1.29, 1.82) is 0 Å². The van der Waals surface area contributed by atoms with E-state index >= 15 is 0 Å². The first kappa shape index (κ1) is 15.0. The summed E-state index contributed by atoms with van der Waals surface area (Å²) >= 11 is 9.73. The third kappa shape index (κ3) is 4.32. The van der Waals surface area contributed by atoms with Gasteiger partial charge in [0.25, 0.3) is 0 Å². The summed E-state index contributed by atoms with van der Waals surface area (Å²) in [6, 6.07) is 6.02. The second-order valence-corrected chi connectivity index (χ2v) is 6.24. The monoisotopic (exact) mass is 342 g/mol. The van der Waals surface area contributed by atoms with Crippen LogP contribution in [0.4, 0.5) is 0 Å². The molecule has 1 unspecified atom stereocenters. The van der Waals surface area contributed by atoms with Crippen molar-refractivity contribution in [2.75, 3.05) is 13.1 Å². The third-order valence-electron chi connectivity index (χ3n) is 3.54. The number of nitrogens with one attached hydrogen (secondary N) is 1. The molecule has 0 spiro atoms. The standard InChI is InChI=1S/C15H20BrClN2/c16-12-5-6-14(17)13(9-12)15(10-18)19-8-7-11-3-1-2-4-11/h3,5-6,9,15,19H,1-2,4,7-8,10,18H2. The van der Waals surface area contributed by atoms with Crippen LogP contribution in [0.3, 0.4) is 0 Å². The fraction of sp³-hybridized carbons (Fsp3) is 0.467. The maximum Gasteiger partial charge on any atom is 0.0459 e. The van der Waals surface area contributed by atoms with Crippen molar-refractivity contribution < 1.29 is 0 Å². The fourth-order valence-electron chi connectivity index (χ4n) is 2.47. The largest absolute Gasteiger partial charge is 0.329 e. The van der Waals surface area contributed by atoms with Gasteiger partial charge in [-0.3, -0.25) is 0 Å². The van der Waals surface area contributed by atoms with Crippen LogP contribution < -0.4 is 11.1 Å². The molecule has 0 saturated heterocycles. The van der Waals surface area contributed by atoms with Crippen molar-refractivity contribution in [2.24, 2.45) is 5.73 Å². The molecule has 0 aliphatic heterocycles. The molecule has 0 fully saturated rings. The van der Waals surface area contributed by atoms with Crippen LogP contribution in [0.2, 0.25) is 5.02 Å². The highest BCUT2D eigenvalue weighted by Gasteiger charge is 2.13. The molecule has 1 atom stereocenters. The maximum atomic E-state index is 6.25. The van der Waals surface area contributed by atoms with Gasteiger partial charge in [0.05, 0.1) is 0 Å². The van der Waals surface area contributed by atoms with Crippen molar-refractivity contribution in [3.8, 4) is 0 Å². The number of hydrogen-bond donors (Lipinski definition) is 2. The molecule has 2 nitrogen and oxygen atoms in total. The van der Waals surface area contributed by atoms with Crippen LogP contribution in [0.25, 0.3) is 0 Å². The number of nitrogens with two attached hydrogens (primary N) is 1. The molecule has 1 aromatic carbocycles. The van der Waals surface area contributed by atoms with E-state index in [0.717, 1.165) is 28.0 Å². The summed E-state index contributed by atoms with van der Waals surface area (Å²) in [7, 11) is 0. The molecular weight excluding hydrogens is 324 g/mol. The lowest BCUT2D eigenvalue weighted by Crippen LogP contribution is -2.29. The van der Waals surface area contributed by atoms with Gasteiger partial charge >= 0.3 is 0 Å². The van der Waals surface area contributed by atoms with Gasteiger partial charge in [0, 0.05) is 22.1 Å². The zero-order chi connectivity index (χ0) is 13.7. The molecule has 0 bridgehead atoms. The van der Waals surface area contributed by atoms with Crippen LogP contribution in [-0.4, -0.2) is 13.1 Å². The van der Waals surface area contributed by atoms with E-state index in [0.29, 0.717) is 6.54 Å². The summed E-state index contributed by atoms with van der Waals surface area (Å²) in [4.78, 5) is 0. The molecule has 1 aromatic rings. The number of benzene rings is 1. The van der Waals surface area contributed by atoms with Crippen LogP contribution in [0.5, 0.6) is 0 Å². The van der Waals surface area contributed by atoms with Gasteiger partial charge in [0.15, 0.2) is 0 Å². The Bertz CT molecular complexity index is 459. The number of rotatable bonds is 6. The Labute approximate surface area is 128 Å². The van der Waals surface area contributed by atoms with Crippen molar-refractivity contribution >= 4 is 27.5 Å². The van der Waals surface area contributed by atoms with E-state index in [2.05, 4.69) is 27.3 Å². The molecule has 4 heteroatoms. The Balaban J connectivity index is 1.93. The highest BCUT2D eigenvalue weighted by atomic mass is 79.9. The van der Waals surface area contributed by atoms with Gasteiger partial charge in [-0.15, -0.1) is 0 Å². The minimum absolute atomic E-state index is 0.118. The van der Waals surface area contributed by atoms with Crippen molar-refractivity contribution in [1.82, 2.24) is 5.32 Å². The van der Waals surface area contributed by atoms with Crippen molar-refractivity contribution in [3.63, 3.8) is 0 Å². The van der Waals surface area contributed by atoms with Crippen LogP contribution in [-0.2, 0) is 0 Å². The molecule has 0 aromatic heterocycles. The average Bonchev–Trinajstić information content (AvgIpc) is 2.91. The molecule has 0 saturated carbocycles. The first-order chi connectivity index (χ1) is 9.20. The van der Waals surface area contributed by atoms with Gasteiger partial charge in [0.2, 0.25) is 0 Å². The van der Waals surface area contributed by atoms with Gasteiger partial charge in [-0.25, -0.2) is 0 Å². The van der Waals surface area contributed by atoms with Gasteiger partial charge in [-0.2, -0.15) is 0 Å². The second kappa shape index (κ2) is 7.44. The molecule has 0 radical (unpaired) electrons. The zero-order valence-electron chi connectivity index (χ0n) is 11.0. The maximum absolute atomic E-state index is 6.25. The van der Waals surface area contributed by atoms with Gasteiger partial charge < -0.3 is 11.1 Å². The van der Waals surface area contributed by atoms with Crippen LogP contribution in [0.15, 0.2) is 34.3 Å². The molecule has 0 heterocycles. The van der Waals surface area contributed by atoms with Crippen molar-refractivity contribution in [2.45, 2.75) is 31.7 Å². The SMILES string of the molecule is NCC(NCCC1=CCCC1)c1cc(Br)ccc1Cl. The first-order valence-electron chi connectivity index (χ1n) is 6.77. The Hall–Kier alpha value is -0.350. The Morgan fingerprint density at radius 1 is 1.42 bits per heavy atom. The number of hydrogen-bond acceptors (Lipinski definition) is 2. The Morgan fingerprint density at radius 3 is 2.95 bits per heavy atom. The Morgan fingerprint density at radius 2 is 2.26 bits per heavy atom. The highest BCUT2D eigenvalue weighted by Crippen LogP contribution is 2.26. The molecule has 2 rings (SSSR count). The molecule has 1 aliphatic rings. The van der Waals surface area contributed by atoms with Gasteiger partial charge in [0.1, 0.15) is 0 Å². The van der Waals surface area contributed by atoms with E-state index in [9.17, 15) is 0 Å². The molecule has 104 valence electrons. The predicted molar refractivity (Wildman–Crippen MR) is 85.5 cm³/mol.